The molecule has 0 N–H and O–H groups in total. The summed E-state index contributed by atoms with van der Waals surface area (Å²) in [5.41, 5.74) is 3.68. The minimum absolute atomic E-state index is 0.121. The van der Waals surface area contributed by atoms with E-state index in [1.54, 1.807) is 4.90 Å². The molecule has 0 aliphatic carbocycles. The molecule has 1 heterocycles. The van der Waals surface area contributed by atoms with Crippen LogP contribution in [0.15, 0.2) is 18.2 Å². The van der Waals surface area contributed by atoms with Gasteiger partial charge in [-0.15, -0.1) is 0 Å². The molecule has 0 unspecified atom stereocenters. The van der Waals surface area contributed by atoms with Gasteiger partial charge in [-0.2, -0.15) is 0 Å². The third-order valence-electron chi connectivity index (χ3n) is 2.89. The highest BCUT2D eigenvalue weighted by molar-refractivity contribution is 8.23. The lowest BCUT2D eigenvalue weighted by atomic mass is 10.0. The second-order valence-electron chi connectivity index (χ2n) is 3.89. The van der Waals surface area contributed by atoms with E-state index in [4.69, 9.17) is 12.2 Å². The highest BCUT2D eigenvalue weighted by Gasteiger charge is 2.26. The second-order valence-corrected chi connectivity index (χ2v) is 5.50. The molecule has 2 rings (SSSR count). The molecule has 0 saturated carbocycles. The molecule has 1 aromatic carbocycles. The van der Waals surface area contributed by atoms with Crippen LogP contribution < -0.4 is 0 Å². The first-order valence-electron chi connectivity index (χ1n) is 5.12. The van der Waals surface area contributed by atoms with Gasteiger partial charge >= 0.3 is 0 Å². The number of benzene rings is 1. The number of thiocarbonyl (C=S) groups is 1. The summed E-state index contributed by atoms with van der Waals surface area (Å²) < 4.78 is 0.700. The molecule has 4 heteroatoms. The Hall–Kier alpha value is -0.870. The van der Waals surface area contributed by atoms with Crippen molar-refractivity contribution < 1.29 is 4.79 Å². The lowest BCUT2D eigenvalue weighted by Gasteiger charge is -2.17. The summed E-state index contributed by atoms with van der Waals surface area (Å²) >= 11 is 6.61. The van der Waals surface area contributed by atoms with E-state index >= 15 is 0 Å². The van der Waals surface area contributed by atoms with E-state index in [1.807, 2.05) is 6.07 Å². The average Bonchev–Trinajstić information content (AvgIpc) is 2.56. The summed E-state index contributed by atoms with van der Waals surface area (Å²) in [6.45, 7) is 4.78. The fraction of sp³-hybridized carbons (Fsp3) is 0.333. The molecule has 84 valence electrons. The largest absolute Gasteiger partial charge is 0.293 e. The molecule has 1 aromatic rings. The van der Waals surface area contributed by atoms with E-state index in [0.29, 0.717) is 16.6 Å². The maximum absolute atomic E-state index is 11.6. The lowest BCUT2D eigenvalue weighted by molar-refractivity contribution is -0.124. The first kappa shape index (κ1) is 11.6. The standard InChI is InChI=1S/C12H13NOS2/c1-8-4-3-5-10(9(8)2)6-13-11(14)7-16-12(13)15/h3-5H,6-7H2,1-2H3. The normalized spacial score (nSPS) is 16.0. The summed E-state index contributed by atoms with van der Waals surface area (Å²) in [5.74, 6) is 0.611. The first-order valence-corrected chi connectivity index (χ1v) is 6.51. The zero-order chi connectivity index (χ0) is 11.7. The molecule has 1 aliphatic heterocycles. The summed E-state index contributed by atoms with van der Waals surface area (Å²) in [6, 6.07) is 6.16. The van der Waals surface area contributed by atoms with Crippen LogP contribution in [0.3, 0.4) is 0 Å². The highest BCUT2D eigenvalue weighted by atomic mass is 32.2. The van der Waals surface area contributed by atoms with Crippen molar-refractivity contribution in [2.75, 3.05) is 5.75 Å². The molecule has 1 aliphatic rings. The van der Waals surface area contributed by atoms with Crippen molar-refractivity contribution in [2.24, 2.45) is 0 Å². The van der Waals surface area contributed by atoms with Crippen LogP contribution >= 0.6 is 24.0 Å². The smallest absolute Gasteiger partial charge is 0.238 e. The minimum atomic E-state index is 0.121. The van der Waals surface area contributed by atoms with Crippen LogP contribution in [0.5, 0.6) is 0 Å². The number of aryl methyl sites for hydroxylation is 1. The summed E-state index contributed by atoms with van der Waals surface area (Å²) in [7, 11) is 0. The zero-order valence-corrected chi connectivity index (χ0v) is 11.0. The molecule has 0 radical (unpaired) electrons. The van der Waals surface area contributed by atoms with Crippen LogP contribution in [-0.4, -0.2) is 20.9 Å². The molecular weight excluding hydrogens is 238 g/mol. The number of amides is 1. The minimum Gasteiger partial charge on any atom is -0.293 e. The Balaban J connectivity index is 2.24. The van der Waals surface area contributed by atoms with Gasteiger partial charge in [-0.1, -0.05) is 42.2 Å². The van der Waals surface area contributed by atoms with Gasteiger partial charge in [-0.3, -0.25) is 9.69 Å². The van der Waals surface area contributed by atoms with E-state index in [1.165, 1.54) is 28.5 Å². The molecule has 2 nitrogen and oxygen atoms in total. The number of carbonyl (C=O) groups excluding carboxylic acids is 1. The number of thioether (sulfide) groups is 1. The fourth-order valence-electron chi connectivity index (χ4n) is 1.69. The molecule has 0 atom stereocenters. The Labute approximate surface area is 105 Å². The Bertz CT molecular complexity index is 440. The van der Waals surface area contributed by atoms with Gasteiger partial charge in [0.15, 0.2) is 0 Å². The van der Waals surface area contributed by atoms with E-state index in [2.05, 4.69) is 26.0 Å². The van der Waals surface area contributed by atoms with Gasteiger partial charge in [0.25, 0.3) is 0 Å². The maximum atomic E-state index is 11.6. The van der Waals surface area contributed by atoms with Gasteiger partial charge in [0.2, 0.25) is 5.91 Å². The second kappa shape index (κ2) is 4.55. The van der Waals surface area contributed by atoms with Crippen molar-refractivity contribution >= 4 is 34.2 Å². The third kappa shape index (κ3) is 2.13. The quantitative estimate of drug-likeness (QED) is 0.754. The molecule has 16 heavy (non-hydrogen) atoms. The predicted octanol–water partition coefficient (Wildman–Crippen LogP) is 2.66. The number of hydrogen-bond donors (Lipinski definition) is 0. The number of nitrogens with zero attached hydrogens (tertiary/aromatic N) is 1. The highest BCUT2D eigenvalue weighted by Crippen LogP contribution is 2.23. The van der Waals surface area contributed by atoms with Crippen molar-refractivity contribution in [3.05, 3.63) is 34.9 Å². The molecule has 0 aromatic heterocycles. The van der Waals surface area contributed by atoms with Gasteiger partial charge < -0.3 is 0 Å². The van der Waals surface area contributed by atoms with Crippen molar-refractivity contribution in [2.45, 2.75) is 20.4 Å². The lowest BCUT2D eigenvalue weighted by Crippen LogP contribution is -2.28. The van der Waals surface area contributed by atoms with Crippen molar-refractivity contribution in [3.63, 3.8) is 0 Å². The van der Waals surface area contributed by atoms with E-state index < -0.39 is 0 Å². The average molecular weight is 251 g/mol. The van der Waals surface area contributed by atoms with Crippen LogP contribution in [0.25, 0.3) is 0 Å². The summed E-state index contributed by atoms with van der Waals surface area (Å²) in [6.07, 6.45) is 0. The van der Waals surface area contributed by atoms with Crippen LogP contribution in [0.1, 0.15) is 16.7 Å². The molecule has 0 bridgehead atoms. The van der Waals surface area contributed by atoms with E-state index in [9.17, 15) is 4.79 Å². The third-order valence-corrected chi connectivity index (χ3v) is 4.32. The van der Waals surface area contributed by atoms with Gasteiger partial charge in [-0.25, -0.2) is 0 Å². The summed E-state index contributed by atoms with van der Waals surface area (Å²) in [4.78, 5) is 13.3. The zero-order valence-electron chi connectivity index (χ0n) is 9.32. The Morgan fingerprint density at radius 1 is 1.44 bits per heavy atom. The molecule has 1 amide bonds. The Kier molecular flexibility index (Phi) is 3.30. The SMILES string of the molecule is Cc1cccc(CN2C(=O)CSC2=S)c1C. The van der Waals surface area contributed by atoms with Crippen LogP contribution in [-0.2, 0) is 11.3 Å². The maximum Gasteiger partial charge on any atom is 0.238 e. The molecular formula is C12H13NOS2. The summed E-state index contributed by atoms with van der Waals surface area (Å²) in [5, 5.41) is 0. The Morgan fingerprint density at radius 3 is 2.81 bits per heavy atom. The molecule has 1 saturated heterocycles. The van der Waals surface area contributed by atoms with Crippen molar-refractivity contribution in [1.82, 2.24) is 4.90 Å². The Morgan fingerprint density at radius 2 is 2.19 bits per heavy atom. The van der Waals surface area contributed by atoms with E-state index in [-0.39, 0.29) is 5.91 Å². The van der Waals surface area contributed by atoms with Gasteiger partial charge in [-0.05, 0) is 30.5 Å². The predicted molar refractivity (Wildman–Crippen MR) is 71.5 cm³/mol. The van der Waals surface area contributed by atoms with Crippen molar-refractivity contribution in [1.29, 1.82) is 0 Å². The van der Waals surface area contributed by atoms with Crippen LogP contribution in [0.4, 0.5) is 0 Å². The van der Waals surface area contributed by atoms with Gasteiger partial charge in [0.05, 0.1) is 12.3 Å². The number of hydrogen-bond acceptors (Lipinski definition) is 3. The van der Waals surface area contributed by atoms with Gasteiger partial charge in [0.1, 0.15) is 4.32 Å². The first-order chi connectivity index (χ1) is 7.59. The van der Waals surface area contributed by atoms with E-state index in [0.717, 1.165) is 0 Å². The van der Waals surface area contributed by atoms with Crippen molar-refractivity contribution in [3.8, 4) is 0 Å². The van der Waals surface area contributed by atoms with Crippen LogP contribution in [0.2, 0.25) is 0 Å². The fourth-order valence-corrected chi connectivity index (χ4v) is 2.76. The monoisotopic (exact) mass is 251 g/mol. The molecule has 0 spiro atoms. The van der Waals surface area contributed by atoms with Gasteiger partial charge in [0, 0.05) is 0 Å². The van der Waals surface area contributed by atoms with Crippen LogP contribution in [0, 0.1) is 13.8 Å². The molecule has 1 fully saturated rings. The number of rotatable bonds is 2. The number of carbonyl (C=O) groups is 1. The topological polar surface area (TPSA) is 20.3 Å².